The molecule has 1 aromatic rings. The predicted molar refractivity (Wildman–Crippen MR) is 65.8 cm³/mol. The number of anilines is 1. The summed E-state index contributed by atoms with van der Waals surface area (Å²) in [5, 5.41) is 0. The normalized spacial score (nSPS) is 35.9. The van der Waals surface area contributed by atoms with Crippen LogP contribution in [-0.4, -0.2) is 21.3 Å². The van der Waals surface area contributed by atoms with Crippen LogP contribution in [-0.2, 0) is 4.74 Å². The van der Waals surface area contributed by atoms with Crippen LogP contribution in [0.1, 0.15) is 33.4 Å². The summed E-state index contributed by atoms with van der Waals surface area (Å²) in [6.45, 7) is 5.60. The molecule has 0 saturated carbocycles. The fourth-order valence-corrected chi connectivity index (χ4v) is 2.27. The molecule has 0 amide bonds. The summed E-state index contributed by atoms with van der Waals surface area (Å²) in [5.41, 5.74) is 4.26. The van der Waals surface area contributed by atoms with Crippen LogP contribution < -0.4 is 11.4 Å². The fourth-order valence-electron chi connectivity index (χ4n) is 2.27. The summed E-state index contributed by atoms with van der Waals surface area (Å²) in [5.74, 6) is -0.159. The SMILES string of the molecule is CC[C@@]1(C)O[C@@H](n2ccc(N)nc2=O)[C@@H](F)C1C. The standard InChI is InChI=1S/C12H18FN3O2/c1-4-12(3)7(2)9(13)10(18-12)16-6-5-8(14)15-11(16)17/h5-7,9-10H,4H2,1-3H3,(H2,14,15,17)/t7?,9-,10+,12+/m0/s1. The van der Waals surface area contributed by atoms with Crippen molar-refractivity contribution in [3.63, 3.8) is 0 Å². The average Bonchev–Trinajstić information content (AvgIpc) is 2.55. The molecule has 2 rings (SSSR count). The van der Waals surface area contributed by atoms with Gasteiger partial charge in [-0.05, 0) is 19.4 Å². The van der Waals surface area contributed by atoms with E-state index in [0.29, 0.717) is 6.42 Å². The van der Waals surface area contributed by atoms with Crippen molar-refractivity contribution in [2.45, 2.75) is 45.2 Å². The molecule has 1 saturated heterocycles. The van der Waals surface area contributed by atoms with Crippen molar-refractivity contribution in [3.05, 3.63) is 22.7 Å². The van der Waals surface area contributed by atoms with Crippen LogP contribution in [0.5, 0.6) is 0 Å². The molecule has 6 heteroatoms. The Morgan fingerprint density at radius 3 is 2.83 bits per heavy atom. The highest BCUT2D eigenvalue weighted by atomic mass is 19.1. The van der Waals surface area contributed by atoms with Gasteiger partial charge in [0.05, 0.1) is 5.60 Å². The van der Waals surface area contributed by atoms with Gasteiger partial charge in [0.2, 0.25) is 0 Å². The molecule has 1 aliphatic rings. The van der Waals surface area contributed by atoms with Gasteiger partial charge in [-0.2, -0.15) is 4.98 Å². The first-order valence-corrected chi connectivity index (χ1v) is 6.05. The van der Waals surface area contributed by atoms with Crippen molar-refractivity contribution >= 4 is 5.82 Å². The maximum Gasteiger partial charge on any atom is 0.351 e. The maximum atomic E-state index is 14.3. The van der Waals surface area contributed by atoms with Crippen molar-refractivity contribution in [1.82, 2.24) is 9.55 Å². The number of halogens is 1. The number of nitrogens with two attached hydrogens (primary N) is 1. The monoisotopic (exact) mass is 255 g/mol. The fraction of sp³-hybridized carbons (Fsp3) is 0.667. The molecule has 0 aromatic carbocycles. The Morgan fingerprint density at radius 2 is 2.33 bits per heavy atom. The molecule has 2 heterocycles. The molecule has 5 nitrogen and oxygen atoms in total. The topological polar surface area (TPSA) is 70.1 Å². The quantitative estimate of drug-likeness (QED) is 0.869. The van der Waals surface area contributed by atoms with Crippen LogP contribution in [0.2, 0.25) is 0 Å². The van der Waals surface area contributed by atoms with Crippen LogP contribution in [0.4, 0.5) is 10.2 Å². The molecule has 0 bridgehead atoms. The minimum atomic E-state index is -1.24. The van der Waals surface area contributed by atoms with Crippen molar-refractivity contribution in [1.29, 1.82) is 0 Å². The first-order valence-electron chi connectivity index (χ1n) is 6.05. The second-order valence-corrected chi connectivity index (χ2v) is 4.95. The van der Waals surface area contributed by atoms with Crippen LogP contribution in [0.3, 0.4) is 0 Å². The summed E-state index contributed by atoms with van der Waals surface area (Å²) in [7, 11) is 0. The van der Waals surface area contributed by atoms with Gasteiger partial charge in [-0.15, -0.1) is 0 Å². The van der Waals surface area contributed by atoms with E-state index in [2.05, 4.69) is 4.98 Å². The molecular formula is C12H18FN3O2. The Kier molecular flexibility index (Phi) is 3.14. The van der Waals surface area contributed by atoms with E-state index in [0.717, 1.165) is 0 Å². The molecule has 4 atom stereocenters. The van der Waals surface area contributed by atoms with Gasteiger partial charge >= 0.3 is 5.69 Å². The lowest BCUT2D eigenvalue weighted by Gasteiger charge is -2.26. The van der Waals surface area contributed by atoms with Crippen LogP contribution in [0.25, 0.3) is 0 Å². The zero-order chi connectivity index (χ0) is 13.5. The number of rotatable bonds is 2. The molecule has 100 valence electrons. The molecule has 18 heavy (non-hydrogen) atoms. The summed E-state index contributed by atoms with van der Waals surface area (Å²) < 4.78 is 21.2. The number of ether oxygens (including phenoxy) is 1. The molecule has 1 fully saturated rings. The lowest BCUT2D eigenvalue weighted by atomic mass is 9.87. The van der Waals surface area contributed by atoms with Crippen molar-refractivity contribution in [3.8, 4) is 0 Å². The Labute approximate surface area is 105 Å². The predicted octanol–water partition coefficient (Wildman–Crippen LogP) is 1.50. The van der Waals surface area contributed by atoms with Crippen molar-refractivity contribution in [2.24, 2.45) is 5.92 Å². The minimum Gasteiger partial charge on any atom is -0.383 e. The molecule has 1 aliphatic heterocycles. The molecule has 1 unspecified atom stereocenters. The number of nitrogens with zero attached hydrogens (tertiary/aromatic N) is 2. The van der Waals surface area contributed by atoms with Crippen molar-refractivity contribution in [2.75, 3.05) is 5.73 Å². The number of nitrogen functional groups attached to an aromatic ring is 1. The average molecular weight is 255 g/mol. The second kappa shape index (κ2) is 4.35. The smallest absolute Gasteiger partial charge is 0.351 e. The Morgan fingerprint density at radius 1 is 1.67 bits per heavy atom. The summed E-state index contributed by atoms with van der Waals surface area (Å²) >= 11 is 0. The van der Waals surface area contributed by atoms with Gasteiger partial charge in [0.25, 0.3) is 0 Å². The van der Waals surface area contributed by atoms with E-state index in [9.17, 15) is 9.18 Å². The zero-order valence-electron chi connectivity index (χ0n) is 10.8. The molecule has 0 radical (unpaired) electrons. The number of alkyl halides is 1. The van der Waals surface area contributed by atoms with Crippen molar-refractivity contribution < 1.29 is 9.13 Å². The van der Waals surface area contributed by atoms with Gasteiger partial charge in [-0.25, -0.2) is 9.18 Å². The highest BCUT2D eigenvalue weighted by Crippen LogP contribution is 2.44. The van der Waals surface area contributed by atoms with E-state index in [1.807, 2.05) is 13.8 Å². The van der Waals surface area contributed by atoms with E-state index >= 15 is 0 Å². The van der Waals surface area contributed by atoms with Gasteiger partial charge in [0.15, 0.2) is 12.4 Å². The largest absolute Gasteiger partial charge is 0.383 e. The third-order valence-electron chi connectivity index (χ3n) is 3.93. The van der Waals surface area contributed by atoms with E-state index in [4.69, 9.17) is 10.5 Å². The molecular weight excluding hydrogens is 237 g/mol. The van der Waals surface area contributed by atoms with Gasteiger partial charge in [0, 0.05) is 12.1 Å². The van der Waals surface area contributed by atoms with E-state index in [1.165, 1.54) is 16.8 Å². The molecule has 2 N–H and O–H groups in total. The van der Waals surface area contributed by atoms with E-state index in [1.54, 1.807) is 6.92 Å². The first kappa shape index (κ1) is 13.0. The van der Waals surface area contributed by atoms with Crippen LogP contribution in [0, 0.1) is 5.92 Å². The second-order valence-electron chi connectivity index (χ2n) is 4.95. The van der Waals surface area contributed by atoms with Gasteiger partial charge in [-0.3, -0.25) is 4.57 Å². The third kappa shape index (κ3) is 1.90. The van der Waals surface area contributed by atoms with E-state index < -0.39 is 23.7 Å². The highest BCUT2D eigenvalue weighted by molar-refractivity contribution is 5.23. The lowest BCUT2D eigenvalue weighted by Crippen LogP contribution is -2.31. The maximum absolute atomic E-state index is 14.3. The summed E-state index contributed by atoms with van der Waals surface area (Å²) in [6.07, 6.45) is -0.0539. The molecule has 0 aliphatic carbocycles. The van der Waals surface area contributed by atoms with Gasteiger partial charge < -0.3 is 10.5 Å². The number of aromatic nitrogens is 2. The Bertz CT molecular complexity index is 504. The zero-order valence-corrected chi connectivity index (χ0v) is 10.8. The Hall–Kier alpha value is -1.43. The van der Waals surface area contributed by atoms with Gasteiger partial charge in [-0.1, -0.05) is 13.8 Å². The highest BCUT2D eigenvalue weighted by Gasteiger charge is 2.50. The first-order chi connectivity index (χ1) is 8.39. The molecule has 0 spiro atoms. The van der Waals surface area contributed by atoms with Crippen LogP contribution in [0.15, 0.2) is 17.1 Å². The van der Waals surface area contributed by atoms with Crippen LogP contribution >= 0.6 is 0 Å². The number of hydrogen-bond donors (Lipinski definition) is 1. The Balaban J connectivity index is 2.38. The van der Waals surface area contributed by atoms with E-state index in [-0.39, 0.29) is 11.7 Å². The number of hydrogen-bond acceptors (Lipinski definition) is 4. The summed E-state index contributed by atoms with van der Waals surface area (Å²) in [4.78, 5) is 15.3. The van der Waals surface area contributed by atoms with Gasteiger partial charge in [0.1, 0.15) is 5.82 Å². The minimum absolute atomic E-state index is 0.121. The molecule has 1 aromatic heterocycles. The third-order valence-corrected chi connectivity index (χ3v) is 3.93. The lowest BCUT2D eigenvalue weighted by molar-refractivity contribution is -0.0808. The summed E-state index contributed by atoms with van der Waals surface area (Å²) in [6, 6.07) is 1.46.